The molecule has 4 nitrogen and oxygen atoms in total. The van der Waals surface area contributed by atoms with Crippen LogP contribution < -0.4 is 0 Å². The first-order chi connectivity index (χ1) is 6.24. The molecule has 13 heavy (non-hydrogen) atoms. The lowest BCUT2D eigenvalue weighted by molar-refractivity contribution is -0.137. The largest absolute Gasteiger partial charge is 0.488 e. The number of methoxy groups -OCH3 is 1. The number of rotatable bonds is 2. The van der Waals surface area contributed by atoms with Crippen molar-refractivity contribution in [3.63, 3.8) is 0 Å². The predicted octanol–water partition coefficient (Wildman–Crippen LogP) is 0.423. The predicted molar refractivity (Wildman–Crippen MR) is 42.7 cm³/mol. The molecule has 2 rings (SSSR count). The number of ketones is 1. The minimum Gasteiger partial charge on any atom is -0.488 e. The van der Waals surface area contributed by atoms with Crippen LogP contribution in [0.15, 0.2) is 11.3 Å². The average molecular weight is 182 g/mol. The van der Waals surface area contributed by atoms with Gasteiger partial charge in [0.1, 0.15) is 11.3 Å². The van der Waals surface area contributed by atoms with E-state index in [1.165, 1.54) is 7.11 Å². The Morgan fingerprint density at radius 3 is 2.77 bits per heavy atom. The molecule has 0 radical (unpaired) electrons. The third-order valence-corrected chi connectivity index (χ3v) is 2.22. The van der Waals surface area contributed by atoms with Crippen LogP contribution in [0.2, 0.25) is 0 Å². The van der Waals surface area contributed by atoms with Crippen molar-refractivity contribution in [2.75, 3.05) is 13.7 Å². The fourth-order valence-electron chi connectivity index (χ4n) is 1.41. The van der Waals surface area contributed by atoms with Crippen LogP contribution in [0.3, 0.4) is 0 Å². The summed E-state index contributed by atoms with van der Waals surface area (Å²) in [5, 5.41) is 0. The van der Waals surface area contributed by atoms with Gasteiger partial charge in [-0.15, -0.1) is 0 Å². The molecule has 0 saturated heterocycles. The molecule has 0 atom stereocenters. The number of ether oxygens (including phenoxy) is 2. The van der Waals surface area contributed by atoms with Gasteiger partial charge in [-0.2, -0.15) is 0 Å². The van der Waals surface area contributed by atoms with E-state index in [2.05, 4.69) is 4.74 Å². The summed E-state index contributed by atoms with van der Waals surface area (Å²) in [7, 11) is 1.27. The first-order valence-corrected chi connectivity index (χ1v) is 4.22. The molecule has 1 aliphatic heterocycles. The standard InChI is InChI=1S/C9H10O4/c1-12-9(11)7-6(10)4-13-8(7)5-2-3-5/h5H,2-4H2,1H3. The number of carbonyl (C=O) groups excluding carboxylic acids is 2. The maximum Gasteiger partial charge on any atom is 0.345 e. The van der Waals surface area contributed by atoms with Crippen molar-refractivity contribution in [2.24, 2.45) is 5.92 Å². The zero-order chi connectivity index (χ0) is 9.42. The molecule has 2 aliphatic rings. The van der Waals surface area contributed by atoms with Crippen molar-refractivity contribution < 1.29 is 19.1 Å². The van der Waals surface area contributed by atoms with E-state index >= 15 is 0 Å². The van der Waals surface area contributed by atoms with Gasteiger partial charge in [-0.1, -0.05) is 0 Å². The lowest BCUT2D eigenvalue weighted by Crippen LogP contribution is -2.13. The molecule has 1 aliphatic carbocycles. The molecule has 70 valence electrons. The summed E-state index contributed by atoms with van der Waals surface area (Å²) in [6, 6.07) is 0. The lowest BCUT2D eigenvalue weighted by Gasteiger charge is -2.00. The molecule has 4 heteroatoms. The van der Waals surface area contributed by atoms with E-state index in [-0.39, 0.29) is 23.9 Å². The van der Waals surface area contributed by atoms with Gasteiger partial charge in [0.05, 0.1) is 7.11 Å². The minimum atomic E-state index is -0.565. The quantitative estimate of drug-likeness (QED) is 0.459. The van der Waals surface area contributed by atoms with Crippen LogP contribution in [0.25, 0.3) is 0 Å². The van der Waals surface area contributed by atoms with Crippen LogP contribution in [0.5, 0.6) is 0 Å². The van der Waals surface area contributed by atoms with Crippen LogP contribution >= 0.6 is 0 Å². The zero-order valence-corrected chi connectivity index (χ0v) is 7.33. The Morgan fingerprint density at radius 2 is 2.23 bits per heavy atom. The van der Waals surface area contributed by atoms with Gasteiger partial charge in [0.2, 0.25) is 5.78 Å². The van der Waals surface area contributed by atoms with Crippen LogP contribution in [0.4, 0.5) is 0 Å². The smallest absolute Gasteiger partial charge is 0.345 e. The van der Waals surface area contributed by atoms with E-state index in [1.807, 2.05) is 0 Å². The van der Waals surface area contributed by atoms with Crippen molar-refractivity contribution in [1.82, 2.24) is 0 Å². The monoisotopic (exact) mass is 182 g/mol. The van der Waals surface area contributed by atoms with Gasteiger partial charge in [-0.3, -0.25) is 4.79 Å². The van der Waals surface area contributed by atoms with Crippen molar-refractivity contribution in [2.45, 2.75) is 12.8 Å². The summed E-state index contributed by atoms with van der Waals surface area (Å²) >= 11 is 0. The SMILES string of the molecule is COC(=O)C1=C(C2CC2)OCC1=O. The molecular weight excluding hydrogens is 172 g/mol. The minimum absolute atomic E-state index is 0.00370. The Bertz CT molecular complexity index is 299. The van der Waals surface area contributed by atoms with E-state index in [9.17, 15) is 9.59 Å². The number of carbonyl (C=O) groups is 2. The Labute approximate surface area is 75.5 Å². The number of allylic oxidation sites excluding steroid dienone is 1. The molecule has 0 unspecified atom stereocenters. The normalized spacial score (nSPS) is 21.8. The van der Waals surface area contributed by atoms with Gasteiger partial charge in [-0.25, -0.2) is 4.79 Å². The highest BCUT2D eigenvalue weighted by atomic mass is 16.5. The highest BCUT2D eigenvalue weighted by Crippen LogP contribution is 2.40. The summed E-state index contributed by atoms with van der Waals surface area (Å²) < 4.78 is 9.67. The van der Waals surface area contributed by atoms with Crippen molar-refractivity contribution in [1.29, 1.82) is 0 Å². The number of hydrogen-bond acceptors (Lipinski definition) is 4. The molecule has 1 saturated carbocycles. The maximum absolute atomic E-state index is 11.2. The van der Waals surface area contributed by atoms with Crippen LogP contribution in [-0.4, -0.2) is 25.5 Å². The van der Waals surface area contributed by atoms with Gasteiger partial charge in [0.25, 0.3) is 0 Å². The van der Waals surface area contributed by atoms with Gasteiger partial charge in [0, 0.05) is 5.92 Å². The maximum atomic E-state index is 11.2. The lowest BCUT2D eigenvalue weighted by atomic mass is 10.1. The fraction of sp³-hybridized carbons (Fsp3) is 0.556. The second kappa shape index (κ2) is 2.87. The fourth-order valence-corrected chi connectivity index (χ4v) is 1.41. The molecular formula is C9H10O4. The molecule has 0 N–H and O–H groups in total. The second-order valence-electron chi connectivity index (χ2n) is 3.22. The topological polar surface area (TPSA) is 52.6 Å². The average Bonchev–Trinajstić information content (AvgIpc) is 2.89. The zero-order valence-electron chi connectivity index (χ0n) is 7.33. The Balaban J connectivity index is 2.30. The summed E-state index contributed by atoms with van der Waals surface area (Å²) in [6.45, 7) is -0.00370. The molecule has 1 heterocycles. The molecule has 0 spiro atoms. The van der Waals surface area contributed by atoms with Gasteiger partial charge < -0.3 is 9.47 Å². The number of esters is 1. The van der Waals surface area contributed by atoms with Gasteiger partial charge >= 0.3 is 5.97 Å². The summed E-state index contributed by atoms with van der Waals surface area (Å²) in [4.78, 5) is 22.4. The van der Waals surface area contributed by atoms with Gasteiger partial charge in [-0.05, 0) is 12.8 Å². The summed E-state index contributed by atoms with van der Waals surface area (Å²) in [5.74, 6) is 0.00977. The van der Waals surface area contributed by atoms with E-state index < -0.39 is 5.97 Å². The Kier molecular flexibility index (Phi) is 1.83. The third kappa shape index (κ3) is 1.32. The molecule has 0 aromatic rings. The number of hydrogen-bond donors (Lipinski definition) is 0. The van der Waals surface area contributed by atoms with Crippen molar-refractivity contribution in [3.05, 3.63) is 11.3 Å². The van der Waals surface area contributed by atoms with E-state index in [0.717, 1.165) is 12.8 Å². The van der Waals surface area contributed by atoms with Gasteiger partial charge in [0.15, 0.2) is 6.61 Å². The first-order valence-electron chi connectivity index (χ1n) is 4.22. The van der Waals surface area contributed by atoms with Crippen LogP contribution in [0, 0.1) is 5.92 Å². The summed E-state index contributed by atoms with van der Waals surface area (Å²) in [5.41, 5.74) is 0.130. The second-order valence-corrected chi connectivity index (χ2v) is 3.22. The highest BCUT2D eigenvalue weighted by molar-refractivity contribution is 6.19. The Morgan fingerprint density at radius 1 is 1.54 bits per heavy atom. The van der Waals surface area contributed by atoms with Crippen molar-refractivity contribution >= 4 is 11.8 Å². The molecule has 0 amide bonds. The van der Waals surface area contributed by atoms with E-state index in [1.54, 1.807) is 0 Å². The Hall–Kier alpha value is -1.32. The summed E-state index contributed by atoms with van der Waals surface area (Å²) in [6.07, 6.45) is 2.01. The highest BCUT2D eigenvalue weighted by Gasteiger charge is 2.39. The number of Topliss-reactive ketones (excluding diaryl/α,β-unsaturated/α-hetero) is 1. The third-order valence-electron chi connectivity index (χ3n) is 2.22. The molecule has 1 fully saturated rings. The van der Waals surface area contributed by atoms with Crippen molar-refractivity contribution in [3.8, 4) is 0 Å². The van der Waals surface area contributed by atoms with Crippen LogP contribution in [-0.2, 0) is 19.1 Å². The van der Waals surface area contributed by atoms with E-state index in [4.69, 9.17) is 4.74 Å². The van der Waals surface area contributed by atoms with Crippen LogP contribution in [0.1, 0.15) is 12.8 Å². The molecule has 0 bridgehead atoms. The van der Waals surface area contributed by atoms with E-state index in [0.29, 0.717) is 5.76 Å². The molecule has 0 aromatic carbocycles. The molecule has 0 aromatic heterocycles. The first kappa shape index (κ1) is 8.29.